The number of benzene rings is 1. The first-order chi connectivity index (χ1) is 16.9. The van der Waals surface area contributed by atoms with Crippen molar-refractivity contribution in [2.45, 2.75) is 38.8 Å². The van der Waals surface area contributed by atoms with Crippen LogP contribution in [0, 0.1) is 5.82 Å². The highest BCUT2D eigenvalue weighted by atomic mass is 32.1. The predicted octanol–water partition coefficient (Wildman–Crippen LogP) is 3.98. The molecule has 0 saturated carbocycles. The van der Waals surface area contributed by atoms with Crippen LogP contribution >= 0.6 is 11.3 Å². The summed E-state index contributed by atoms with van der Waals surface area (Å²) in [6, 6.07) is 3.21. The average molecular weight is 499 g/mol. The summed E-state index contributed by atoms with van der Waals surface area (Å²) in [6.45, 7) is 4.85. The second kappa shape index (κ2) is 9.27. The standard InChI is InChI=1S/C23H27FN8O2S/c1-4-34-21(33)16-10-35-23(27-16)31-22-29-19-17(14-8-12(24)9-15(26-3)18(14)28-19)20(30-22)32-6-5-13(25)7-11(32)2/h8-11,13,26H,4-7,25H2,1-3H3,(H2,27,28,29,30,31)/t11-,13+/m1/s1. The van der Waals surface area contributed by atoms with E-state index in [9.17, 15) is 9.18 Å². The second-order valence-electron chi connectivity index (χ2n) is 8.56. The Morgan fingerprint density at radius 3 is 2.94 bits per heavy atom. The smallest absolute Gasteiger partial charge is 0.357 e. The molecule has 0 amide bonds. The minimum atomic E-state index is -0.482. The van der Waals surface area contributed by atoms with Crippen LogP contribution in [0.2, 0.25) is 0 Å². The Morgan fingerprint density at radius 2 is 2.20 bits per heavy atom. The molecule has 4 heterocycles. The van der Waals surface area contributed by atoms with Crippen molar-refractivity contribution in [1.29, 1.82) is 0 Å². The number of piperidine rings is 1. The summed E-state index contributed by atoms with van der Waals surface area (Å²) in [5, 5.41) is 9.70. The van der Waals surface area contributed by atoms with Gasteiger partial charge in [-0.15, -0.1) is 11.3 Å². The maximum atomic E-state index is 14.5. The SMILES string of the molecule is CCOC(=O)c1csc(Nc2nc(N3CC[C@H](N)C[C@H]3C)c3c(n2)[nH]c2c(NC)cc(F)cc23)n1. The zero-order valence-corrected chi connectivity index (χ0v) is 20.5. The van der Waals surface area contributed by atoms with Crippen LogP contribution in [0.15, 0.2) is 17.5 Å². The van der Waals surface area contributed by atoms with Gasteiger partial charge < -0.3 is 25.7 Å². The summed E-state index contributed by atoms with van der Waals surface area (Å²) in [7, 11) is 1.75. The molecule has 0 aliphatic carbocycles. The van der Waals surface area contributed by atoms with Crippen molar-refractivity contribution >= 4 is 61.8 Å². The van der Waals surface area contributed by atoms with Gasteiger partial charge in [-0.25, -0.2) is 14.2 Å². The first-order valence-electron chi connectivity index (χ1n) is 11.5. The molecule has 1 aliphatic rings. The third-order valence-electron chi connectivity index (χ3n) is 6.17. The van der Waals surface area contributed by atoms with E-state index in [0.29, 0.717) is 33.6 Å². The molecule has 184 valence electrons. The zero-order chi connectivity index (χ0) is 24.7. The molecule has 0 bridgehead atoms. The van der Waals surface area contributed by atoms with Crippen LogP contribution in [-0.4, -0.2) is 58.2 Å². The van der Waals surface area contributed by atoms with Crippen molar-refractivity contribution < 1.29 is 13.9 Å². The van der Waals surface area contributed by atoms with E-state index in [2.05, 4.69) is 37.4 Å². The number of nitrogens with two attached hydrogens (primary N) is 1. The molecule has 2 atom stereocenters. The van der Waals surface area contributed by atoms with Crippen LogP contribution in [0.3, 0.4) is 0 Å². The van der Waals surface area contributed by atoms with Crippen molar-refractivity contribution in [1.82, 2.24) is 19.9 Å². The molecule has 0 radical (unpaired) electrons. The maximum absolute atomic E-state index is 14.5. The van der Waals surface area contributed by atoms with E-state index in [1.807, 2.05) is 0 Å². The van der Waals surface area contributed by atoms with Gasteiger partial charge in [0.05, 0.1) is 23.2 Å². The topological polar surface area (TPSA) is 134 Å². The molecule has 0 spiro atoms. The largest absolute Gasteiger partial charge is 0.461 e. The lowest BCUT2D eigenvalue weighted by molar-refractivity contribution is 0.0520. The zero-order valence-electron chi connectivity index (χ0n) is 19.7. The first kappa shape index (κ1) is 23.2. The van der Waals surface area contributed by atoms with Gasteiger partial charge in [-0.05, 0) is 38.8 Å². The van der Waals surface area contributed by atoms with Gasteiger partial charge in [-0.3, -0.25) is 5.32 Å². The summed E-state index contributed by atoms with van der Waals surface area (Å²) in [4.78, 5) is 31.3. The lowest BCUT2D eigenvalue weighted by Gasteiger charge is -2.37. The van der Waals surface area contributed by atoms with E-state index in [0.717, 1.165) is 30.3 Å². The number of carbonyl (C=O) groups excluding carboxylic acids is 1. The summed E-state index contributed by atoms with van der Waals surface area (Å²) < 4.78 is 19.5. The molecule has 12 heteroatoms. The molecule has 3 aromatic heterocycles. The highest BCUT2D eigenvalue weighted by Gasteiger charge is 2.28. The quantitative estimate of drug-likeness (QED) is 0.291. The Balaban J connectivity index is 1.63. The first-order valence-corrected chi connectivity index (χ1v) is 12.4. The number of fused-ring (bicyclic) bond motifs is 3. The molecule has 35 heavy (non-hydrogen) atoms. The number of H-pyrrole nitrogens is 1. The van der Waals surface area contributed by atoms with Crippen LogP contribution in [0.5, 0.6) is 0 Å². The van der Waals surface area contributed by atoms with E-state index in [1.165, 1.54) is 23.5 Å². The van der Waals surface area contributed by atoms with Crippen LogP contribution in [0.4, 0.5) is 27.0 Å². The van der Waals surface area contributed by atoms with Gasteiger partial charge in [0.1, 0.15) is 17.3 Å². The molecule has 1 saturated heterocycles. The van der Waals surface area contributed by atoms with Gasteiger partial charge in [-0.1, -0.05) is 0 Å². The lowest BCUT2D eigenvalue weighted by atomic mass is 9.98. The monoisotopic (exact) mass is 498 g/mol. The van der Waals surface area contributed by atoms with Gasteiger partial charge in [-0.2, -0.15) is 9.97 Å². The second-order valence-corrected chi connectivity index (χ2v) is 9.41. The Morgan fingerprint density at radius 1 is 1.37 bits per heavy atom. The van der Waals surface area contributed by atoms with E-state index >= 15 is 0 Å². The summed E-state index contributed by atoms with van der Waals surface area (Å²) in [5.41, 5.74) is 8.37. The number of aromatic amines is 1. The molecule has 5 rings (SSSR count). The Bertz CT molecular complexity index is 1400. The fourth-order valence-electron chi connectivity index (χ4n) is 4.55. The molecule has 1 aromatic carbocycles. The molecule has 5 N–H and O–H groups in total. The fourth-order valence-corrected chi connectivity index (χ4v) is 5.23. The van der Waals surface area contributed by atoms with Gasteiger partial charge in [0.2, 0.25) is 5.95 Å². The third-order valence-corrected chi connectivity index (χ3v) is 6.93. The number of nitrogens with zero attached hydrogens (tertiary/aromatic N) is 4. The number of esters is 1. The predicted molar refractivity (Wildman–Crippen MR) is 136 cm³/mol. The van der Waals surface area contributed by atoms with E-state index in [-0.39, 0.29) is 30.2 Å². The number of nitrogens with one attached hydrogen (secondary N) is 3. The number of carbonyl (C=O) groups is 1. The van der Waals surface area contributed by atoms with Gasteiger partial charge in [0.25, 0.3) is 0 Å². The maximum Gasteiger partial charge on any atom is 0.357 e. The molecule has 1 fully saturated rings. The van der Waals surface area contributed by atoms with Crippen LogP contribution in [0.25, 0.3) is 21.9 Å². The highest BCUT2D eigenvalue weighted by molar-refractivity contribution is 7.14. The van der Waals surface area contributed by atoms with Crippen molar-refractivity contribution in [3.63, 3.8) is 0 Å². The molecule has 10 nitrogen and oxygen atoms in total. The number of aromatic nitrogens is 4. The number of hydrogen-bond acceptors (Lipinski definition) is 10. The number of rotatable bonds is 6. The van der Waals surface area contributed by atoms with Crippen molar-refractivity contribution in [3.05, 3.63) is 29.0 Å². The minimum absolute atomic E-state index is 0.129. The molecule has 4 aromatic rings. The average Bonchev–Trinajstić information content (AvgIpc) is 3.43. The van der Waals surface area contributed by atoms with Gasteiger partial charge >= 0.3 is 5.97 Å². The normalized spacial score (nSPS) is 18.3. The van der Waals surface area contributed by atoms with Gasteiger partial charge in [0, 0.05) is 36.4 Å². The number of ether oxygens (including phenoxy) is 1. The fraction of sp³-hybridized carbons (Fsp3) is 0.391. The molecule has 1 aliphatic heterocycles. The summed E-state index contributed by atoms with van der Waals surface area (Å²) in [6.07, 6.45) is 1.65. The van der Waals surface area contributed by atoms with Crippen molar-refractivity contribution in [3.8, 4) is 0 Å². The molecular formula is C23H27FN8O2S. The lowest BCUT2D eigenvalue weighted by Crippen LogP contribution is -2.46. The summed E-state index contributed by atoms with van der Waals surface area (Å²) in [5.74, 6) is 0.179. The number of anilines is 4. The highest BCUT2D eigenvalue weighted by Crippen LogP contribution is 2.38. The van der Waals surface area contributed by atoms with Crippen LogP contribution in [-0.2, 0) is 4.74 Å². The number of thiazole rings is 1. The molecule has 0 unspecified atom stereocenters. The number of hydrogen-bond donors (Lipinski definition) is 4. The Hall–Kier alpha value is -3.51. The number of halogens is 1. The van der Waals surface area contributed by atoms with Crippen molar-refractivity contribution in [2.75, 3.05) is 35.7 Å². The van der Waals surface area contributed by atoms with E-state index in [1.54, 1.807) is 19.4 Å². The van der Waals surface area contributed by atoms with Crippen LogP contribution < -0.4 is 21.3 Å². The third kappa shape index (κ3) is 4.34. The van der Waals surface area contributed by atoms with Crippen molar-refractivity contribution in [2.24, 2.45) is 5.73 Å². The van der Waals surface area contributed by atoms with Gasteiger partial charge in [0.15, 0.2) is 10.8 Å². The Labute approximate surface area is 205 Å². The minimum Gasteiger partial charge on any atom is -0.461 e. The summed E-state index contributed by atoms with van der Waals surface area (Å²) >= 11 is 1.26. The van der Waals surface area contributed by atoms with E-state index in [4.69, 9.17) is 15.5 Å². The van der Waals surface area contributed by atoms with E-state index < -0.39 is 5.97 Å². The Kier molecular flexibility index (Phi) is 6.15. The van der Waals surface area contributed by atoms with Crippen LogP contribution in [0.1, 0.15) is 37.2 Å². The molecular weight excluding hydrogens is 471 g/mol.